The highest BCUT2D eigenvalue weighted by Crippen LogP contribution is 2.24. The van der Waals surface area contributed by atoms with Crippen LogP contribution in [0, 0.1) is 0 Å². The molecule has 5 rings (SSSR count). The summed E-state index contributed by atoms with van der Waals surface area (Å²) < 4.78 is 5.11. The minimum atomic E-state index is -0.709. The highest BCUT2D eigenvalue weighted by Gasteiger charge is 2.39. The van der Waals surface area contributed by atoms with Gasteiger partial charge in [0.25, 0.3) is 0 Å². The standard InChI is InChI=1S/C37H44N4O4/c1-25-23-41(37(44)35(39)22-28-15-17-30-10-4-6-12-32(30)20-28)33(13-7-8-18-45-26(2)42)24-40(25)36(43)34(38)21-27-14-16-29-9-3-5-11-31(29)19-27/h3-6,9-12,14-17,19-20,25,33-35H,7-8,13,18,21-24,38-39H2,1-2H3/t25-,33+,34-,35-/m1/s1. The lowest BCUT2D eigenvalue weighted by Crippen LogP contribution is -2.64. The molecule has 8 nitrogen and oxygen atoms in total. The highest BCUT2D eigenvalue weighted by molar-refractivity contribution is 5.87. The fourth-order valence-electron chi connectivity index (χ4n) is 6.40. The molecule has 0 unspecified atom stereocenters. The molecule has 1 heterocycles. The van der Waals surface area contributed by atoms with E-state index >= 15 is 0 Å². The Hall–Kier alpha value is -4.27. The summed E-state index contributed by atoms with van der Waals surface area (Å²) in [4.78, 5) is 42.5. The number of nitrogens with zero attached hydrogens (tertiary/aromatic N) is 2. The van der Waals surface area contributed by atoms with Crippen LogP contribution in [0.25, 0.3) is 21.5 Å². The zero-order valence-corrected chi connectivity index (χ0v) is 26.2. The molecule has 0 bridgehead atoms. The van der Waals surface area contributed by atoms with Gasteiger partial charge in [-0.1, -0.05) is 84.9 Å². The van der Waals surface area contributed by atoms with Crippen molar-refractivity contribution in [2.24, 2.45) is 11.5 Å². The number of nitrogens with two attached hydrogens (primary N) is 2. The van der Waals surface area contributed by atoms with Crippen molar-refractivity contribution in [1.29, 1.82) is 0 Å². The molecule has 2 amide bonds. The van der Waals surface area contributed by atoms with Gasteiger partial charge in [0.2, 0.25) is 11.8 Å². The number of fused-ring (bicyclic) bond motifs is 2. The number of esters is 1. The van der Waals surface area contributed by atoms with E-state index in [2.05, 4.69) is 48.5 Å². The predicted octanol–water partition coefficient (Wildman–Crippen LogP) is 4.59. The number of benzene rings is 4. The Morgan fingerprint density at radius 2 is 1.24 bits per heavy atom. The fourth-order valence-corrected chi connectivity index (χ4v) is 6.40. The molecule has 0 saturated carbocycles. The molecule has 4 atom stereocenters. The second-order valence-corrected chi connectivity index (χ2v) is 12.3. The molecule has 4 aromatic rings. The van der Waals surface area contributed by atoms with E-state index in [-0.39, 0.29) is 29.9 Å². The van der Waals surface area contributed by atoms with E-state index < -0.39 is 12.1 Å². The number of unbranched alkanes of at least 4 members (excludes halogenated alkanes) is 1. The number of hydrogen-bond acceptors (Lipinski definition) is 6. The Kier molecular flexibility index (Phi) is 10.5. The summed E-state index contributed by atoms with van der Waals surface area (Å²) in [5, 5.41) is 4.51. The number of piperazine rings is 1. The van der Waals surface area contributed by atoms with Crippen molar-refractivity contribution in [2.75, 3.05) is 19.7 Å². The molecule has 0 radical (unpaired) electrons. The van der Waals surface area contributed by atoms with Crippen molar-refractivity contribution in [1.82, 2.24) is 9.80 Å². The SMILES string of the molecule is CC(=O)OCCCC[C@H]1CN(C(=O)[C@H](N)Cc2ccc3ccccc3c2)[C@H](C)CN1C(=O)[C@H](N)Cc1ccc2ccccc2c1. The summed E-state index contributed by atoms with van der Waals surface area (Å²) in [6, 6.07) is 26.8. The lowest BCUT2D eigenvalue weighted by Gasteiger charge is -2.47. The van der Waals surface area contributed by atoms with E-state index in [1.54, 1.807) is 0 Å². The number of ether oxygens (including phenoxy) is 1. The normalized spacial score (nSPS) is 18.1. The number of amides is 2. The first-order valence-corrected chi connectivity index (χ1v) is 15.9. The summed E-state index contributed by atoms with van der Waals surface area (Å²) in [5.41, 5.74) is 15.1. The quantitative estimate of drug-likeness (QED) is 0.190. The van der Waals surface area contributed by atoms with E-state index in [1.165, 1.54) is 6.92 Å². The Balaban J connectivity index is 1.27. The van der Waals surface area contributed by atoms with Crippen LogP contribution in [-0.4, -0.2) is 71.4 Å². The average molecular weight is 609 g/mol. The van der Waals surface area contributed by atoms with E-state index in [9.17, 15) is 14.4 Å². The fraction of sp³-hybridized carbons (Fsp3) is 0.378. The minimum Gasteiger partial charge on any atom is -0.466 e. The Morgan fingerprint density at radius 3 is 1.78 bits per heavy atom. The second kappa shape index (κ2) is 14.7. The van der Waals surface area contributed by atoms with Gasteiger partial charge in [-0.15, -0.1) is 0 Å². The number of carbonyl (C=O) groups is 3. The molecule has 1 fully saturated rings. The zero-order valence-electron chi connectivity index (χ0n) is 26.2. The Morgan fingerprint density at radius 1 is 0.733 bits per heavy atom. The van der Waals surface area contributed by atoms with E-state index in [0.29, 0.717) is 45.4 Å². The first kappa shape index (κ1) is 32.1. The number of rotatable bonds is 11. The molecule has 1 aliphatic rings. The maximum atomic E-state index is 13.9. The second-order valence-electron chi connectivity index (χ2n) is 12.3. The van der Waals surface area contributed by atoms with Gasteiger partial charge in [0.15, 0.2) is 0 Å². The van der Waals surface area contributed by atoms with Crippen LogP contribution in [0.5, 0.6) is 0 Å². The third kappa shape index (κ3) is 8.07. The molecule has 1 aliphatic heterocycles. The molecule has 1 saturated heterocycles. The van der Waals surface area contributed by atoms with Crippen molar-refractivity contribution < 1.29 is 19.1 Å². The minimum absolute atomic E-state index is 0.117. The third-order valence-electron chi connectivity index (χ3n) is 8.82. The molecule has 0 spiro atoms. The van der Waals surface area contributed by atoms with Crippen LogP contribution >= 0.6 is 0 Å². The molecule has 0 aromatic heterocycles. The first-order chi connectivity index (χ1) is 21.7. The molecular formula is C37H44N4O4. The molecule has 0 aliphatic carbocycles. The molecular weight excluding hydrogens is 564 g/mol. The van der Waals surface area contributed by atoms with Crippen LogP contribution in [0.1, 0.15) is 44.2 Å². The van der Waals surface area contributed by atoms with Crippen LogP contribution in [0.3, 0.4) is 0 Å². The summed E-state index contributed by atoms with van der Waals surface area (Å²) in [6.07, 6.45) is 2.92. The Bertz CT molecular complexity index is 1660. The van der Waals surface area contributed by atoms with Crippen LogP contribution < -0.4 is 11.5 Å². The summed E-state index contributed by atoms with van der Waals surface area (Å²) in [5.74, 6) is -0.546. The van der Waals surface area contributed by atoms with E-state index in [1.807, 2.05) is 53.1 Å². The molecule has 4 N–H and O–H groups in total. The lowest BCUT2D eigenvalue weighted by molar-refractivity contribution is -0.148. The lowest BCUT2D eigenvalue weighted by atomic mass is 9.96. The van der Waals surface area contributed by atoms with Crippen molar-refractivity contribution in [3.63, 3.8) is 0 Å². The van der Waals surface area contributed by atoms with Gasteiger partial charge >= 0.3 is 5.97 Å². The van der Waals surface area contributed by atoms with Crippen molar-refractivity contribution in [2.45, 2.75) is 70.1 Å². The maximum Gasteiger partial charge on any atom is 0.302 e. The van der Waals surface area contributed by atoms with Crippen LogP contribution in [0.15, 0.2) is 84.9 Å². The van der Waals surface area contributed by atoms with Crippen molar-refractivity contribution in [3.05, 3.63) is 96.1 Å². The summed E-state index contributed by atoms with van der Waals surface area (Å²) >= 11 is 0. The highest BCUT2D eigenvalue weighted by atomic mass is 16.5. The average Bonchev–Trinajstić information content (AvgIpc) is 3.04. The topological polar surface area (TPSA) is 119 Å². The first-order valence-electron chi connectivity index (χ1n) is 15.9. The molecule has 8 heteroatoms. The van der Waals surface area contributed by atoms with Crippen LogP contribution in [0.2, 0.25) is 0 Å². The maximum absolute atomic E-state index is 13.9. The van der Waals surface area contributed by atoms with Gasteiger partial charge in [0, 0.05) is 32.1 Å². The van der Waals surface area contributed by atoms with Gasteiger partial charge in [-0.2, -0.15) is 0 Å². The monoisotopic (exact) mass is 608 g/mol. The Labute approximate surface area is 265 Å². The van der Waals surface area contributed by atoms with Crippen molar-refractivity contribution in [3.8, 4) is 0 Å². The molecule has 45 heavy (non-hydrogen) atoms. The van der Waals surface area contributed by atoms with E-state index in [0.717, 1.165) is 39.1 Å². The van der Waals surface area contributed by atoms with Gasteiger partial charge in [0.05, 0.1) is 18.7 Å². The van der Waals surface area contributed by atoms with Gasteiger partial charge in [-0.05, 0) is 71.7 Å². The third-order valence-corrected chi connectivity index (χ3v) is 8.82. The van der Waals surface area contributed by atoms with Gasteiger partial charge in [-0.25, -0.2) is 0 Å². The smallest absolute Gasteiger partial charge is 0.302 e. The van der Waals surface area contributed by atoms with Gasteiger partial charge in [-0.3, -0.25) is 14.4 Å². The largest absolute Gasteiger partial charge is 0.466 e. The number of carbonyl (C=O) groups excluding carboxylic acids is 3. The van der Waals surface area contributed by atoms with Gasteiger partial charge < -0.3 is 26.0 Å². The summed E-state index contributed by atoms with van der Waals surface area (Å²) in [7, 11) is 0. The predicted molar refractivity (Wildman–Crippen MR) is 178 cm³/mol. The van der Waals surface area contributed by atoms with Crippen LogP contribution in [0.4, 0.5) is 0 Å². The number of hydrogen-bond donors (Lipinski definition) is 2. The summed E-state index contributed by atoms with van der Waals surface area (Å²) in [6.45, 7) is 4.45. The van der Waals surface area contributed by atoms with E-state index in [4.69, 9.17) is 16.2 Å². The van der Waals surface area contributed by atoms with Crippen molar-refractivity contribution >= 4 is 39.3 Å². The van der Waals surface area contributed by atoms with Crippen LogP contribution in [-0.2, 0) is 32.0 Å². The van der Waals surface area contributed by atoms with Gasteiger partial charge in [0.1, 0.15) is 0 Å². The molecule has 4 aromatic carbocycles. The molecule has 236 valence electrons. The zero-order chi connectivity index (χ0) is 31.9.